The predicted molar refractivity (Wildman–Crippen MR) is 119 cm³/mol. The Bertz CT molecular complexity index is 1290. The van der Waals surface area contributed by atoms with Gasteiger partial charge in [0, 0.05) is 21.9 Å². The Morgan fingerprint density at radius 1 is 0.667 bits per heavy atom. The van der Waals surface area contributed by atoms with Crippen LogP contribution in [0, 0.1) is 0 Å². The molecular formula is C24H18N4OS. The fraction of sp³-hybridized carbons (Fsp3) is 0.0833. The first-order chi connectivity index (χ1) is 14.8. The Morgan fingerprint density at radius 2 is 1.30 bits per heavy atom. The molecular weight excluding hydrogens is 392 g/mol. The van der Waals surface area contributed by atoms with Gasteiger partial charge in [0.1, 0.15) is 10.7 Å². The second-order valence-corrected chi connectivity index (χ2v) is 8.17. The molecule has 1 atom stereocenters. The van der Waals surface area contributed by atoms with Crippen LogP contribution in [0.15, 0.2) is 94.4 Å². The molecule has 0 spiro atoms. The van der Waals surface area contributed by atoms with Gasteiger partial charge in [0.25, 0.3) is 0 Å². The van der Waals surface area contributed by atoms with Gasteiger partial charge in [0.05, 0.1) is 5.25 Å². The smallest absolute Gasteiger partial charge is 0.247 e. The molecule has 0 aliphatic rings. The van der Waals surface area contributed by atoms with E-state index in [1.54, 1.807) is 11.8 Å². The molecule has 5 nitrogen and oxygen atoms in total. The minimum absolute atomic E-state index is 0.0600. The Labute approximate surface area is 178 Å². The largest absolute Gasteiger partial charge is 0.419 e. The summed E-state index contributed by atoms with van der Waals surface area (Å²) < 4.78 is 5.92. The fourth-order valence-electron chi connectivity index (χ4n) is 3.29. The molecule has 0 saturated heterocycles. The van der Waals surface area contributed by atoms with Gasteiger partial charge in [-0.15, -0.1) is 20.4 Å². The Kier molecular flexibility index (Phi) is 4.99. The molecule has 0 aliphatic carbocycles. The second kappa shape index (κ2) is 8.08. The number of hydrogen-bond donors (Lipinski definition) is 0. The lowest BCUT2D eigenvalue weighted by molar-refractivity contribution is 0.509. The molecule has 0 fully saturated rings. The number of thioether (sulfide) groups is 1. The topological polar surface area (TPSA) is 64.7 Å². The second-order valence-electron chi connectivity index (χ2n) is 6.84. The van der Waals surface area contributed by atoms with E-state index < -0.39 is 0 Å². The molecule has 0 radical (unpaired) electrons. The van der Waals surface area contributed by atoms with Crippen molar-refractivity contribution in [2.75, 3.05) is 0 Å². The van der Waals surface area contributed by atoms with E-state index in [0.29, 0.717) is 11.8 Å². The van der Waals surface area contributed by atoms with Crippen LogP contribution in [-0.4, -0.2) is 20.4 Å². The molecule has 0 saturated carbocycles. The van der Waals surface area contributed by atoms with Crippen molar-refractivity contribution in [3.8, 4) is 22.7 Å². The third-order valence-electron chi connectivity index (χ3n) is 4.80. The van der Waals surface area contributed by atoms with Gasteiger partial charge in [-0.2, -0.15) is 0 Å². The molecule has 30 heavy (non-hydrogen) atoms. The summed E-state index contributed by atoms with van der Waals surface area (Å²) in [6, 6.07) is 28.1. The first-order valence-corrected chi connectivity index (χ1v) is 10.5. The van der Waals surface area contributed by atoms with E-state index in [2.05, 4.69) is 44.7 Å². The lowest BCUT2D eigenvalue weighted by Crippen LogP contribution is -1.96. The van der Waals surface area contributed by atoms with Gasteiger partial charge in [-0.05, 0) is 19.1 Å². The van der Waals surface area contributed by atoms with Gasteiger partial charge in [-0.3, -0.25) is 0 Å². The Balaban J connectivity index is 1.47. The van der Waals surface area contributed by atoms with Gasteiger partial charge >= 0.3 is 0 Å². The molecule has 2 heterocycles. The SMILES string of the molecule is C[C@@H](Sc1nnc(-c2ccccc2)c2ccccc12)c1nnc(-c2ccccc2)o1. The van der Waals surface area contributed by atoms with E-state index in [-0.39, 0.29) is 5.25 Å². The maximum absolute atomic E-state index is 5.92. The summed E-state index contributed by atoms with van der Waals surface area (Å²) in [5, 5.41) is 20.4. The van der Waals surface area contributed by atoms with Crippen LogP contribution in [0.5, 0.6) is 0 Å². The van der Waals surface area contributed by atoms with Crippen molar-refractivity contribution in [2.45, 2.75) is 17.2 Å². The molecule has 0 aliphatic heterocycles. The third-order valence-corrected chi connectivity index (χ3v) is 5.88. The average molecular weight is 411 g/mol. The lowest BCUT2D eigenvalue weighted by Gasteiger charge is -2.11. The fourth-order valence-corrected chi connectivity index (χ4v) is 4.21. The molecule has 146 valence electrons. The highest BCUT2D eigenvalue weighted by Gasteiger charge is 2.19. The summed E-state index contributed by atoms with van der Waals surface area (Å²) in [6.45, 7) is 2.04. The van der Waals surface area contributed by atoms with Crippen molar-refractivity contribution in [1.82, 2.24) is 20.4 Å². The predicted octanol–water partition coefficient (Wildman–Crippen LogP) is 6.20. The molecule has 5 aromatic rings. The zero-order valence-electron chi connectivity index (χ0n) is 16.3. The van der Waals surface area contributed by atoms with E-state index in [1.807, 2.05) is 67.6 Å². The Hall–Kier alpha value is -3.51. The molecule has 2 aromatic heterocycles. The first kappa shape index (κ1) is 18.5. The normalized spacial score (nSPS) is 12.2. The number of rotatable bonds is 5. The number of fused-ring (bicyclic) bond motifs is 1. The number of hydrogen-bond acceptors (Lipinski definition) is 6. The van der Waals surface area contributed by atoms with Crippen molar-refractivity contribution in [3.05, 3.63) is 90.8 Å². The van der Waals surface area contributed by atoms with Gasteiger partial charge in [0.15, 0.2) is 0 Å². The summed E-state index contributed by atoms with van der Waals surface area (Å²) in [7, 11) is 0. The highest BCUT2D eigenvalue weighted by atomic mass is 32.2. The van der Waals surface area contributed by atoms with Crippen LogP contribution in [0.3, 0.4) is 0 Å². The zero-order valence-corrected chi connectivity index (χ0v) is 17.1. The van der Waals surface area contributed by atoms with Crippen molar-refractivity contribution in [3.63, 3.8) is 0 Å². The standard InChI is InChI=1S/C24H18N4OS/c1-16(22-26-27-23(29-22)18-12-6-3-7-13-18)30-24-20-15-9-8-14-19(20)21(25-28-24)17-10-4-2-5-11-17/h2-16H,1H3/t16-/m1/s1. The van der Waals surface area contributed by atoms with E-state index >= 15 is 0 Å². The number of nitrogens with zero attached hydrogens (tertiary/aromatic N) is 4. The quantitative estimate of drug-likeness (QED) is 0.321. The summed E-state index contributed by atoms with van der Waals surface area (Å²) in [4.78, 5) is 0. The molecule has 0 amide bonds. The maximum atomic E-state index is 5.92. The lowest BCUT2D eigenvalue weighted by atomic mass is 10.1. The average Bonchev–Trinajstić information content (AvgIpc) is 3.31. The molecule has 0 N–H and O–H groups in total. The van der Waals surface area contributed by atoms with E-state index in [9.17, 15) is 0 Å². The van der Waals surface area contributed by atoms with Crippen LogP contribution in [0.1, 0.15) is 18.1 Å². The monoisotopic (exact) mass is 410 g/mol. The van der Waals surface area contributed by atoms with Crippen LogP contribution in [0.2, 0.25) is 0 Å². The van der Waals surface area contributed by atoms with E-state index in [1.165, 1.54) is 0 Å². The minimum Gasteiger partial charge on any atom is -0.419 e. The molecule has 0 unspecified atom stereocenters. The van der Waals surface area contributed by atoms with Gasteiger partial charge < -0.3 is 4.42 Å². The van der Waals surface area contributed by atoms with Crippen LogP contribution in [0.4, 0.5) is 0 Å². The molecule has 0 bridgehead atoms. The van der Waals surface area contributed by atoms with Crippen LogP contribution in [0.25, 0.3) is 33.5 Å². The van der Waals surface area contributed by atoms with E-state index in [4.69, 9.17) is 4.42 Å². The van der Waals surface area contributed by atoms with E-state index in [0.717, 1.165) is 32.6 Å². The Morgan fingerprint density at radius 3 is 2.03 bits per heavy atom. The van der Waals surface area contributed by atoms with Gasteiger partial charge in [-0.1, -0.05) is 84.6 Å². The van der Waals surface area contributed by atoms with Crippen LogP contribution < -0.4 is 0 Å². The maximum Gasteiger partial charge on any atom is 0.247 e. The summed E-state index contributed by atoms with van der Waals surface area (Å²) in [5.41, 5.74) is 2.84. The van der Waals surface area contributed by atoms with Crippen molar-refractivity contribution in [2.24, 2.45) is 0 Å². The zero-order chi connectivity index (χ0) is 20.3. The molecule has 6 heteroatoms. The van der Waals surface area contributed by atoms with Gasteiger partial charge in [-0.25, -0.2) is 0 Å². The van der Waals surface area contributed by atoms with Crippen LogP contribution >= 0.6 is 11.8 Å². The third kappa shape index (κ3) is 3.57. The van der Waals surface area contributed by atoms with Crippen molar-refractivity contribution >= 4 is 22.5 Å². The molecule has 5 rings (SSSR count). The number of benzene rings is 3. The first-order valence-electron chi connectivity index (χ1n) is 9.66. The van der Waals surface area contributed by atoms with Crippen molar-refractivity contribution in [1.29, 1.82) is 0 Å². The minimum atomic E-state index is -0.0600. The summed E-state index contributed by atoms with van der Waals surface area (Å²) >= 11 is 1.57. The summed E-state index contributed by atoms with van der Waals surface area (Å²) in [6.07, 6.45) is 0. The highest BCUT2D eigenvalue weighted by molar-refractivity contribution is 7.99. The number of aromatic nitrogens is 4. The van der Waals surface area contributed by atoms with Gasteiger partial charge in [0.2, 0.25) is 11.8 Å². The van der Waals surface area contributed by atoms with Crippen molar-refractivity contribution < 1.29 is 4.42 Å². The summed E-state index contributed by atoms with van der Waals surface area (Å²) in [5.74, 6) is 1.09. The van der Waals surface area contributed by atoms with Crippen LogP contribution in [-0.2, 0) is 0 Å². The molecule has 3 aromatic carbocycles. The highest BCUT2D eigenvalue weighted by Crippen LogP contribution is 2.38.